The van der Waals surface area contributed by atoms with Crippen LogP contribution in [0.3, 0.4) is 0 Å². The molecule has 0 bridgehead atoms. The number of aryl methyl sites for hydroxylation is 3. The smallest absolute Gasteiger partial charge is 0.298 e. The molecule has 0 saturated heterocycles. The molecule has 2 aromatic heterocycles. The van der Waals surface area contributed by atoms with Gasteiger partial charge in [-0.15, -0.1) is 0 Å². The zero-order chi connectivity index (χ0) is 60.6. The molecule has 0 fully saturated rings. The second-order valence-corrected chi connectivity index (χ2v) is 28.3. The Hall–Kier alpha value is -9.15. The van der Waals surface area contributed by atoms with Gasteiger partial charge in [0.1, 0.15) is 45.5 Å². The standard InChI is InChI=1S/C71H47B3F4N4O4S2/c1-32-14-51-61-52(15-32)82(65-47(77)24-38(25-48(65)78)71(7,8)9)50-29-56-44(74-63-58(84-56)17-34(3)19-60(63)88-67-40-21-36(31-80)11-13-54(40)86-69(67)74)27-42(50)72(61)41-26-43-55(28-49(41)81(51)64-45(75)22-37(23-46(64)76)70(4,5)6)83-57-16-33(2)18-59-62(57)73(43)68-66(87-59)39-20-35(30-79)10-12-53(39)85-68/h10-29H,1-9H3. The van der Waals surface area contributed by atoms with E-state index >= 15 is 17.6 Å². The summed E-state index contributed by atoms with van der Waals surface area (Å²) >= 11 is 3.13. The fourth-order valence-corrected chi connectivity index (χ4v) is 17.0. The molecule has 8 nitrogen and oxygen atoms in total. The predicted molar refractivity (Wildman–Crippen MR) is 344 cm³/mol. The van der Waals surface area contributed by atoms with E-state index < -0.39 is 54.2 Å². The van der Waals surface area contributed by atoms with E-state index in [0.29, 0.717) is 112 Å². The minimum absolute atomic E-state index is 0.337. The number of hydrogen-bond acceptors (Lipinski definition) is 10. The quantitative estimate of drug-likeness (QED) is 0.123. The summed E-state index contributed by atoms with van der Waals surface area (Å²) in [5.41, 5.74) is 11.7. The van der Waals surface area contributed by atoms with Crippen LogP contribution < -0.4 is 68.8 Å². The van der Waals surface area contributed by atoms with Crippen LogP contribution in [-0.2, 0) is 10.8 Å². The van der Waals surface area contributed by atoms with Crippen molar-refractivity contribution in [2.75, 3.05) is 9.80 Å². The molecule has 424 valence electrons. The van der Waals surface area contributed by atoms with E-state index in [1.165, 1.54) is 24.3 Å². The lowest BCUT2D eigenvalue weighted by Gasteiger charge is -2.45. The van der Waals surface area contributed by atoms with Crippen molar-refractivity contribution < 1.29 is 35.9 Å². The van der Waals surface area contributed by atoms with Gasteiger partial charge in [0.25, 0.3) is 20.1 Å². The Kier molecular flexibility index (Phi) is 10.9. The van der Waals surface area contributed by atoms with Gasteiger partial charge < -0.3 is 28.1 Å². The molecule has 0 N–H and O–H groups in total. The molecule has 6 aliphatic rings. The Morgan fingerprint density at radius 2 is 0.830 bits per heavy atom. The monoisotopic (exact) mass is 1190 g/mol. The highest BCUT2D eigenvalue weighted by atomic mass is 32.2. The van der Waals surface area contributed by atoms with Crippen molar-refractivity contribution in [2.24, 2.45) is 0 Å². The molecule has 6 aliphatic heterocycles. The molecule has 11 aromatic rings. The SMILES string of the molecule is Cc1cc2c3c(c1)Sc1c(oc4ccc(C#N)cc14)B3c1cc3c(cc1O2)N(c1c(F)cc(C(C)(C)C)cc1F)c1cc(C)cc2c1B3c1cc3c(cc1N2c1c(F)cc(C(C)(C)C)cc1F)Oc1cc(C)cc2c1B3c1oc3ccc(C#N)cc3c1S2. The molecule has 8 heterocycles. The van der Waals surface area contributed by atoms with Gasteiger partial charge in [-0.25, -0.2) is 17.6 Å². The van der Waals surface area contributed by atoms with Crippen molar-refractivity contribution in [1.82, 2.24) is 0 Å². The van der Waals surface area contributed by atoms with Gasteiger partial charge in [0, 0.05) is 55.4 Å². The highest BCUT2D eigenvalue weighted by molar-refractivity contribution is 8.00. The fraction of sp³-hybridized carbons (Fsp3) is 0.155. The number of hydrogen-bond donors (Lipinski definition) is 0. The van der Waals surface area contributed by atoms with E-state index in [9.17, 15) is 10.5 Å². The maximum atomic E-state index is 17.9. The Balaban J connectivity index is 0.997. The van der Waals surface area contributed by atoms with Gasteiger partial charge in [-0.3, -0.25) is 0 Å². The molecule has 88 heavy (non-hydrogen) atoms. The molecule has 17 rings (SSSR count). The number of rotatable bonds is 2. The number of furan rings is 2. The first-order valence-electron chi connectivity index (χ1n) is 29.2. The van der Waals surface area contributed by atoms with E-state index in [0.717, 1.165) is 63.3 Å². The third-order valence-corrected chi connectivity index (χ3v) is 20.7. The van der Waals surface area contributed by atoms with Crippen molar-refractivity contribution >= 4 is 149 Å². The molecule has 0 amide bonds. The summed E-state index contributed by atoms with van der Waals surface area (Å²) < 4.78 is 99.7. The molecule has 0 aliphatic carbocycles. The van der Waals surface area contributed by atoms with Crippen LogP contribution in [0, 0.1) is 66.7 Å². The molecule has 0 saturated carbocycles. The van der Waals surface area contributed by atoms with Crippen LogP contribution in [0.1, 0.15) is 80.5 Å². The lowest BCUT2D eigenvalue weighted by atomic mass is 9.30. The van der Waals surface area contributed by atoms with Crippen molar-refractivity contribution in [3.05, 3.63) is 184 Å². The maximum absolute atomic E-state index is 17.9. The fourth-order valence-electron chi connectivity index (χ4n) is 14.4. The van der Waals surface area contributed by atoms with Crippen LogP contribution in [0.5, 0.6) is 23.0 Å². The van der Waals surface area contributed by atoms with Crippen LogP contribution in [0.25, 0.3) is 21.9 Å². The minimum Gasteiger partial charge on any atom is -0.469 e. The lowest BCUT2D eigenvalue weighted by molar-refractivity contribution is 0.485. The van der Waals surface area contributed by atoms with E-state index in [4.69, 9.17) is 18.3 Å². The normalized spacial score (nSPS) is 14.4. The number of fused-ring (bicyclic) bond motifs is 16. The lowest BCUT2D eigenvalue weighted by Crippen LogP contribution is -2.65. The van der Waals surface area contributed by atoms with Gasteiger partial charge in [0.05, 0.1) is 44.4 Å². The first-order chi connectivity index (χ1) is 42.1. The van der Waals surface area contributed by atoms with Gasteiger partial charge in [-0.2, -0.15) is 10.5 Å². The highest BCUT2D eigenvalue weighted by Crippen LogP contribution is 2.51. The second-order valence-electron chi connectivity index (χ2n) is 26.2. The summed E-state index contributed by atoms with van der Waals surface area (Å²) in [6, 6.07) is 41.0. The van der Waals surface area contributed by atoms with Gasteiger partial charge >= 0.3 is 0 Å². The first kappa shape index (κ1) is 53.1. The van der Waals surface area contributed by atoms with E-state index in [1.807, 2.05) is 123 Å². The van der Waals surface area contributed by atoms with Crippen LogP contribution in [0.4, 0.5) is 51.7 Å². The predicted octanol–water partition coefficient (Wildman–Crippen LogP) is 13.3. The zero-order valence-electron chi connectivity index (χ0n) is 49.0. The van der Waals surface area contributed by atoms with Gasteiger partial charge in [-0.05, 0) is 195 Å². The van der Waals surface area contributed by atoms with Crippen LogP contribution in [0.2, 0.25) is 0 Å². The average Bonchev–Trinajstić information content (AvgIpc) is 0.770. The number of ether oxygens (including phenoxy) is 2. The minimum atomic E-state index is -0.806. The van der Waals surface area contributed by atoms with E-state index in [-0.39, 0.29) is 11.4 Å². The van der Waals surface area contributed by atoms with Crippen LogP contribution in [0.15, 0.2) is 150 Å². The molecular weight excluding hydrogens is 1150 g/mol. The summed E-state index contributed by atoms with van der Waals surface area (Å²) in [6.07, 6.45) is 0. The van der Waals surface area contributed by atoms with Crippen molar-refractivity contribution in [2.45, 2.75) is 92.7 Å². The molecule has 0 unspecified atom stereocenters. The summed E-state index contributed by atoms with van der Waals surface area (Å²) in [4.78, 5) is 6.88. The number of anilines is 6. The summed E-state index contributed by atoms with van der Waals surface area (Å²) in [5.74, 6) is -1.13. The summed E-state index contributed by atoms with van der Waals surface area (Å²) in [7, 11) is 0. The van der Waals surface area contributed by atoms with Gasteiger partial charge in [-0.1, -0.05) is 77.2 Å². The molecule has 0 radical (unpaired) electrons. The number of nitriles is 2. The second kappa shape index (κ2) is 18.0. The van der Waals surface area contributed by atoms with Crippen molar-refractivity contribution in [1.29, 1.82) is 10.5 Å². The number of halogens is 4. The van der Waals surface area contributed by atoms with Crippen LogP contribution >= 0.6 is 23.5 Å². The summed E-state index contributed by atoms with van der Waals surface area (Å²) in [6.45, 7) is 15.4. The van der Waals surface area contributed by atoms with Crippen molar-refractivity contribution in [3.63, 3.8) is 0 Å². The Bertz CT molecular complexity index is 4850. The molecular formula is C71H47B3F4N4O4S2. The molecule has 0 atom stereocenters. The van der Waals surface area contributed by atoms with Crippen LogP contribution in [-0.4, -0.2) is 20.1 Å². The largest absolute Gasteiger partial charge is 0.469 e. The van der Waals surface area contributed by atoms with Gasteiger partial charge in [0.2, 0.25) is 0 Å². The number of nitrogens with zero attached hydrogens (tertiary/aromatic N) is 4. The topological polar surface area (TPSA) is 98.8 Å². The molecule has 0 spiro atoms. The first-order valence-corrected chi connectivity index (χ1v) is 30.8. The Labute approximate surface area is 513 Å². The van der Waals surface area contributed by atoms with E-state index in [1.54, 1.807) is 45.5 Å². The Morgan fingerprint density at radius 3 is 1.22 bits per heavy atom. The van der Waals surface area contributed by atoms with Gasteiger partial charge in [0.15, 0.2) is 23.3 Å². The highest BCUT2D eigenvalue weighted by Gasteiger charge is 2.52. The molecule has 9 aromatic carbocycles. The third kappa shape index (κ3) is 7.38. The third-order valence-electron chi connectivity index (χ3n) is 18.4. The summed E-state index contributed by atoms with van der Waals surface area (Å²) in [5, 5.41) is 21.8. The van der Waals surface area contributed by atoms with E-state index in [2.05, 4.69) is 36.4 Å². The molecule has 17 heteroatoms. The maximum Gasteiger partial charge on any atom is 0.298 e. The van der Waals surface area contributed by atoms with Crippen molar-refractivity contribution in [3.8, 4) is 35.1 Å². The Morgan fingerprint density at radius 1 is 0.432 bits per heavy atom. The average molecular weight is 1190 g/mol. The number of benzene rings is 9. The zero-order valence-corrected chi connectivity index (χ0v) is 50.7.